The first kappa shape index (κ1) is 12.2. The van der Waals surface area contributed by atoms with Gasteiger partial charge in [-0.3, -0.25) is 14.5 Å². The molecule has 1 heterocycles. The van der Waals surface area contributed by atoms with Crippen LogP contribution in [0, 0.1) is 0 Å². The predicted octanol–water partition coefficient (Wildman–Crippen LogP) is 1.29. The fourth-order valence-electron chi connectivity index (χ4n) is 2.60. The molecule has 1 fully saturated rings. The van der Waals surface area contributed by atoms with Crippen LogP contribution in [0.15, 0.2) is 0 Å². The second kappa shape index (κ2) is 3.59. The molecule has 0 unspecified atom stereocenters. The molecule has 0 bridgehead atoms. The Hall–Kier alpha value is -0.900. The van der Waals surface area contributed by atoms with E-state index >= 15 is 0 Å². The molecular weight excluding hydrogens is 194 g/mol. The van der Waals surface area contributed by atoms with Gasteiger partial charge in [0.25, 0.3) is 0 Å². The predicted molar refractivity (Wildman–Crippen MR) is 56.7 cm³/mol. The van der Waals surface area contributed by atoms with E-state index in [0.717, 1.165) is 0 Å². The molecule has 1 N–H and O–H groups in total. The van der Waals surface area contributed by atoms with Crippen molar-refractivity contribution in [2.75, 3.05) is 6.54 Å². The van der Waals surface area contributed by atoms with Gasteiger partial charge in [-0.15, -0.1) is 0 Å². The average molecular weight is 213 g/mol. The highest BCUT2D eigenvalue weighted by molar-refractivity contribution is 5.82. The standard InChI is InChI=1S/C11H19NO3/c1-10(2)5-8(13)6-11(3,4)12(10)7-9(14)15/h5-7H2,1-4H3,(H,14,15). The minimum absolute atomic E-state index is 0.00667. The fourth-order valence-corrected chi connectivity index (χ4v) is 2.60. The van der Waals surface area contributed by atoms with E-state index in [9.17, 15) is 9.59 Å². The summed E-state index contributed by atoms with van der Waals surface area (Å²) in [6, 6.07) is 0. The molecule has 0 spiro atoms. The van der Waals surface area contributed by atoms with Gasteiger partial charge in [0.05, 0.1) is 6.54 Å². The summed E-state index contributed by atoms with van der Waals surface area (Å²) < 4.78 is 0. The molecule has 15 heavy (non-hydrogen) atoms. The second-order valence-corrected chi connectivity index (χ2v) is 5.50. The third-order valence-electron chi connectivity index (χ3n) is 3.01. The van der Waals surface area contributed by atoms with Crippen molar-refractivity contribution in [2.45, 2.75) is 51.6 Å². The Morgan fingerprint density at radius 2 is 1.67 bits per heavy atom. The van der Waals surface area contributed by atoms with Crippen LogP contribution in [0.25, 0.3) is 0 Å². The maximum absolute atomic E-state index is 11.6. The fraction of sp³-hybridized carbons (Fsp3) is 0.818. The van der Waals surface area contributed by atoms with Gasteiger partial charge < -0.3 is 5.11 Å². The molecular formula is C11H19NO3. The lowest BCUT2D eigenvalue weighted by molar-refractivity contribution is -0.149. The zero-order chi connectivity index (χ0) is 11.9. The Balaban J connectivity index is 2.97. The third-order valence-corrected chi connectivity index (χ3v) is 3.01. The van der Waals surface area contributed by atoms with Gasteiger partial charge >= 0.3 is 5.97 Å². The zero-order valence-electron chi connectivity index (χ0n) is 9.83. The molecule has 86 valence electrons. The number of carbonyl (C=O) groups is 2. The minimum atomic E-state index is -0.842. The van der Waals surface area contributed by atoms with E-state index in [4.69, 9.17) is 5.11 Å². The molecule has 0 aromatic rings. The summed E-state index contributed by atoms with van der Waals surface area (Å²) in [6.07, 6.45) is 0.868. The van der Waals surface area contributed by atoms with Crippen molar-refractivity contribution in [3.8, 4) is 0 Å². The Morgan fingerprint density at radius 1 is 1.27 bits per heavy atom. The van der Waals surface area contributed by atoms with Crippen LogP contribution in [0.2, 0.25) is 0 Å². The van der Waals surface area contributed by atoms with Crippen LogP contribution in [0.4, 0.5) is 0 Å². The van der Waals surface area contributed by atoms with Gasteiger partial charge in [0, 0.05) is 23.9 Å². The highest BCUT2D eigenvalue weighted by atomic mass is 16.4. The largest absolute Gasteiger partial charge is 0.480 e. The smallest absolute Gasteiger partial charge is 0.317 e. The number of piperidine rings is 1. The van der Waals surface area contributed by atoms with Gasteiger partial charge in [-0.05, 0) is 27.7 Å². The van der Waals surface area contributed by atoms with Gasteiger partial charge in [0.1, 0.15) is 5.78 Å². The van der Waals surface area contributed by atoms with E-state index in [1.54, 1.807) is 0 Å². The zero-order valence-corrected chi connectivity index (χ0v) is 9.83. The van der Waals surface area contributed by atoms with Gasteiger partial charge in [-0.1, -0.05) is 0 Å². The van der Waals surface area contributed by atoms with Crippen molar-refractivity contribution in [2.24, 2.45) is 0 Å². The normalized spacial score (nSPS) is 25.2. The molecule has 0 aliphatic carbocycles. The van der Waals surface area contributed by atoms with Crippen LogP contribution >= 0.6 is 0 Å². The number of nitrogens with zero attached hydrogens (tertiary/aromatic N) is 1. The van der Waals surface area contributed by atoms with Gasteiger partial charge in [0.15, 0.2) is 0 Å². The van der Waals surface area contributed by atoms with E-state index in [2.05, 4.69) is 0 Å². The molecule has 0 aromatic carbocycles. The first-order chi connectivity index (χ1) is 6.65. The lowest BCUT2D eigenvalue weighted by Crippen LogP contribution is -2.62. The van der Waals surface area contributed by atoms with Crippen LogP contribution in [0.3, 0.4) is 0 Å². The number of rotatable bonds is 2. The van der Waals surface area contributed by atoms with Crippen LogP contribution < -0.4 is 0 Å². The van der Waals surface area contributed by atoms with Crippen LogP contribution in [-0.4, -0.2) is 39.4 Å². The molecule has 1 aliphatic rings. The van der Waals surface area contributed by atoms with E-state index in [1.165, 1.54) is 0 Å². The number of carbonyl (C=O) groups excluding carboxylic acids is 1. The Labute approximate surface area is 90.3 Å². The molecule has 1 rings (SSSR count). The summed E-state index contributed by atoms with van der Waals surface area (Å²) in [4.78, 5) is 24.3. The van der Waals surface area contributed by atoms with E-state index in [0.29, 0.717) is 12.8 Å². The second-order valence-electron chi connectivity index (χ2n) is 5.50. The summed E-state index contributed by atoms with van der Waals surface area (Å²) in [5, 5.41) is 8.87. The lowest BCUT2D eigenvalue weighted by atomic mass is 9.79. The summed E-state index contributed by atoms with van der Waals surface area (Å²) in [7, 11) is 0. The number of Topliss-reactive ketones (excluding diaryl/α,β-unsaturated/α-hetero) is 1. The molecule has 0 radical (unpaired) electrons. The first-order valence-electron chi connectivity index (χ1n) is 5.16. The van der Waals surface area contributed by atoms with Crippen molar-refractivity contribution in [3.63, 3.8) is 0 Å². The van der Waals surface area contributed by atoms with Crippen LogP contribution in [0.5, 0.6) is 0 Å². The SMILES string of the molecule is CC1(C)CC(=O)CC(C)(C)N1CC(=O)O. The van der Waals surface area contributed by atoms with Gasteiger partial charge in [-0.2, -0.15) is 0 Å². The van der Waals surface area contributed by atoms with E-state index in [1.807, 2.05) is 32.6 Å². The average Bonchev–Trinajstić information content (AvgIpc) is 1.94. The van der Waals surface area contributed by atoms with Crippen molar-refractivity contribution in [1.82, 2.24) is 4.90 Å². The molecule has 0 aromatic heterocycles. The van der Waals surface area contributed by atoms with E-state index < -0.39 is 5.97 Å². The van der Waals surface area contributed by atoms with E-state index in [-0.39, 0.29) is 23.4 Å². The molecule has 0 amide bonds. The summed E-state index contributed by atoms with van der Waals surface area (Å²) >= 11 is 0. The number of hydrogen-bond acceptors (Lipinski definition) is 3. The Bertz CT molecular complexity index is 274. The monoisotopic (exact) mass is 213 g/mol. The summed E-state index contributed by atoms with van der Waals surface area (Å²) in [5.74, 6) is -0.628. The van der Waals surface area contributed by atoms with Crippen molar-refractivity contribution in [1.29, 1.82) is 0 Å². The van der Waals surface area contributed by atoms with Crippen molar-refractivity contribution in [3.05, 3.63) is 0 Å². The van der Waals surface area contributed by atoms with Crippen LogP contribution in [0.1, 0.15) is 40.5 Å². The molecule has 1 aliphatic heterocycles. The third kappa shape index (κ3) is 2.56. The van der Waals surface area contributed by atoms with Crippen molar-refractivity contribution >= 4 is 11.8 Å². The summed E-state index contributed by atoms with van der Waals surface area (Å²) in [5.41, 5.74) is -0.728. The number of carboxylic acid groups (broad SMARTS) is 1. The lowest BCUT2D eigenvalue weighted by Gasteiger charge is -2.51. The number of carboxylic acids is 1. The molecule has 4 nitrogen and oxygen atoms in total. The summed E-state index contributed by atoms with van der Waals surface area (Å²) in [6.45, 7) is 7.69. The maximum atomic E-state index is 11.6. The quantitative estimate of drug-likeness (QED) is 0.751. The first-order valence-corrected chi connectivity index (χ1v) is 5.16. The highest BCUT2D eigenvalue weighted by Gasteiger charge is 2.45. The number of ketones is 1. The number of likely N-dealkylation sites (tertiary alicyclic amines) is 1. The van der Waals surface area contributed by atoms with Crippen molar-refractivity contribution < 1.29 is 14.7 Å². The maximum Gasteiger partial charge on any atom is 0.317 e. The molecule has 1 saturated heterocycles. The van der Waals surface area contributed by atoms with Crippen LogP contribution in [-0.2, 0) is 9.59 Å². The highest BCUT2D eigenvalue weighted by Crippen LogP contribution is 2.35. The molecule has 4 heteroatoms. The Kier molecular flexibility index (Phi) is 2.92. The van der Waals surface area contributed by atoms with Gasteiger partial charge in [-0.25, -0.2) is 0 Å². The van der Waals surface area contributed by atoms with Gasteiger partial charge in [0.2, 0.25) is 0 Å². The number of aliphatic carboxylic acids is 1. The molecule has 0 atom stereocenters. The molecule has 0 saturated carbocycles. The number of hydrogen-bond donors (Lipinski definition) is 1. The minimum Gasteiger partial charge on any atom is -0.480 e. The Morgan fingerprint density at radius 3 is 2.00 bits per heavy atom. The topological polar surface area (TPSA) is 57.6 Å².